The van der Waals surface area contributed by atoms with Crippen molar-refractivity contribution in [2.24, 2.45) is 5.92 Å². The first-order valence-electron chi connectivity index (χ1n) is 10.3. The first-order chi connectivity index (χ1) is 15.4. The van der Waals surface area contributed by atoms with Crippen molar-refractivity contribution in [1.29, 1.82) is 0 Å². The molecule has 9 heteroatoms. The van der Waals surface area contributed by atoms with Gasteiger partial charge in [0, 0.05) is 61.4 Å². The lowest BCUT2D eigenvalue weighted by Gasteiger charge is -2.39. The minimum Gasteiger partial charge on any atom is -0.383 e. The minimum absolute atomic E-state index is 0.0319. The molecule has 1 saturated heterocycles. The average Bonchev–Trinajstić information content (AvgIpc) is 3.10. The Kier molecular flexibility index (Phi) is 6.43. The van der Waals surface area contributed by atoms with E-state index in [2.05, 4.69) is 10.4 Å². The van der Waals surface area contributed by atoms with Gasteiger partial charge in [0.25, 0.3) is 11.8 Å². The molecule has 0 spiro atoms. The summed E-state index contributed by atoms with van der Waals surface area (Å²) in [5.41, 5.74) is 2.30. The second-order valence-electron chi connectivity index (χ2n) is 8.03. The van der Waals surface area contributed by atoms with Crippen molar-refractivity contribution in [1.82, 2.24) is 20.0 Å². The number of halogens is 2. The maximum absolute atomic E-state index is 14.0. The van der Waals surface area contributed by atoms with E-state index in [1.165, 1.54) is 12.1 Å². The maximum atomic E-state index is 14.0. The summed E-state index contributed by atoms with van der Waals surface area (Å²) < 4.78 is 20.8. The van der Waals surface area contributed by atoms with Gasteiger partial charge < -0.3 is 15.0 Å². The number of aryl methyl sites for hydroxylation is 1. The SMILES string of the molecule is COCCNC(=O)c1cc2cn(CC3CN(C(=O)c4ccc(Cl)cc4F)C3)nc2cc1C. The van der Waals surface area contributed by atoms with Crippen molar-refractivity contribution >= 4 is 34.3 Å². The van der Waals surface area contributed by atoms with E-state index in [9.17, 15) is 14.0 Å². The van der Waals surface area contributed by atoms with Crippen LogP contribution >= 0.6 is 11.6 Å². The van der Waals surface area contributed by atoms with E-state index in [-0.39, 0.29) is 28.3 Å². The van der Waals surface area contributed by atoms with Crippen molar-refractivity contribution in [3.8, 4) is 0 Å². The highest BCUT2D eigenvalue weighted by Crippen LogP contribution is 2.24. The molecule has 0 radical (unpaired) electrons. The lowest BCUT2D eigenvalue weighted by atomic mass is 9.98. The molecular formula is C23H24ClFN4O3. The van der Waals surface area contributed by atoms with Gasteiger partial charge in [0.2, 0.25) is 0 Å². The molecule has 1 N–H and O–H groups in total. The highest BCUT2D eigenvalue weighted by molar-refractivity contribution is 6.30. The van der Waals surface area contributed by atoms with E-state index < -0.39 is 5.82 Å². The Hall–Kier alpha value is -2.97. The number of benzene rings is 2. The Labute approximate surface area is 190 Å². The van der Waals surface area contributed by atoms with Gasteiger partial charge in [-0.1, -0.05) is 11.6 Å². The molecule has 0 bridgehead atoms. The molecule has 7 nitrogen and oxygen atoms in total. The number of hydrogen-bond donors (Lipinski definition) is 1. The number of nitrogens with zero attached hydrogens (tertiary/aromatic N) is 3. The van der Waals surface area contributed by atoms with Crippen LogP contribution in [0.5, 0.6) is 0 Å². The summed E-state index contributed by atoms with van der Waals surface area (Å²) >= 11 is 5.76. The molecule has 1 fully saturated rings. The van der Waals surface area contributed by atoms with Gasteiger partial charge in [0.15, 0.2) is 0 Å². The van der Waals surface area contributed by atoms with Gasteiger partial charge in [-0.05, 0) is 42.8 Å². The summed E-state index contributed by atoms with van der Waals surface area (Å²) in [6, 6.07) is 7.82. The lowest BCUT2D eigenvalue weighted by molar-refractivity contribution is 0.0457. The number of amides is 2. The van der Waals surface area contributed by atoms with Crippen LogP contribution in [0.4, 0.5) is 4.39 Å². The second-order valence-corrected chi connectivity index (χ2v) is 8.46. The molecule has 1 aromatic heterocycles. The van der Waals surface area contributed by atoms with Crippen LogP contribution in [0, 0.1) is 18.7 Å². The fourth-order valence-electron chi connectivity index (χ4n) is 3.88. The first kappa shape index (κ1) is 22.2. The van der Waals surface area contributed by atoms with Gasteiger partial charge in [-0.15, -0.1) is 0 Å². The molecule has 2 amide bonds. The van der Waals surface area contributed by atoms with E-state index in [4.69, 9.17) is 16.3 Å². The van der Waals surface area contributed by atoms with Crippen LogP contribution in [-0.2, 0) is 11.3 Å². The summed E-state index contributed by atoms with van der Waals surface area (Å²) in [6.45, 7) is 4.48. The molecule has 2 aromatic carbocycles. The van der Waals surface area contributed by atoms with Crippen molar-refractivity contribution in [2.45, 2.75) is 13.5 Å². The van der Waals surface area contributed by atoms with E-state index in [1.54, 1.807) is 12.0 Å². The van der Waals surface area contributed by atoms with Gasteiger partial charge in [-0.2, -0.15) is 5.10 Å². The number of fused-ring (bicyclic) bond motifs is 1. The zero-order valence-electron chi connectivity index (χ0n) is 17.9. The monoisotopic (exact) mass is 458 g/mol. The van der Waals surface area contributed by atoms with Crippen molar-refractivity contribution in [3.05, 3.63) is 64.1 Å². The topological polar surface area (TPSA) is 76.5 Å². The number of ether oxygens (including phenoxy) is 1. The summed E-state index contributed by atoms with van der Waals surface area (Å²) in [4.78, 5) is 26.5. The molecule has 32 heavy (non-hydrogen) atoms. The molecule has 2 heterocycles. The summed E-state index contributed by atoms with van der Waals surface area (Å²) in [7, 11) is 1.59. The Morgan fingerprint density at radius 1 is 1.25 bits per heavy atom. The highest BCUT2D eigenvalue weighted by atomic mass is 35.5. The minimum atomic E-state index is -0.610. The molecule has 1 aliphatic rings. The van der Waals surface area contributed by atoms with Gasteiger partial charge in [0.05, 0.1) is 17.7 Å². The second kappa shape index (κ2) is 9.26. The normalized spacial score (nSPS) is 13.9. The standard InChI is InChI=1S/C23H24ClFN4O3/c1-14-7-21-16(8-19(14)22(30)26-5-6-32-2)13-29(27-21)12-15-10-28(11-15)23(31)18-4-3-17(24)9-20(18)25/h3-4,7-9,13,15H,5-6,10-12H2,1-2H3,(H,26,30). The fourth-order valence-corrected chi connectivity index (χ4v) is 4.04. The molecule has 0 saturated carbocycles. The zero-order chi connectivity index (χ0) is 22.8. The van der Waals surface area contributed by atoms with Crippen LogP contribution in [0.2, 0.25) is 5.02 Å². The third kappa shape index (κ3) is 4.61. The molecule has 0 atom stereocenters. The van der Waals surface area contributed by atoms with Crippen LogP contribution in [0.1, 0.15) is 26.3 Å². The number of hydrogen-bond acceptors (Lipinski definition) is 4. The number of nitrogens with one attached hydrogen (secondary N) is 1. The Balaban J connectivity index is 1.39. The third-order valence-corrected chi connectivity index (χ3v) is 5.82. The predicted octanol–water partition coefficient (Wildman–Crippen LogP) is 3.29. The third-order valence-electron chi connectivity index (χ3n) is 5.59. The molecule has 0 unspecified atom stereocenters. The number of methoxy groups -OCH3 is 1. The molecular weight excluding hydrogens is 435 g/mol. The van der Waals surface area contributed by atoms with Gasteiger partial charge >= 0.3 is 0 Å². The Bertz CT molecular complexity index is 1170. The average molecular weight is 459 g/mol. The number of rotatable bonds is 7. The van der Waals surface area contributed by atoms with Crippen LogP contribution in [-0.4, -0.2) is 59.8 Å². The van der Waals surface area contributed by atoms with Crippen LogP contribution in [0.25, 0.3) is 10.9 Å². The first-order valence-corrected chi connectivity index (χ1v) is 10.7. The van der Waals surface area contributed by atoms with Crippen molar-refractivity contribution < 1.29 is 18.7 Å². The van der Waals surface area contributed by atoms with Crippen molar-refractivity contribution in [3.63, 3.8) is 0 Å². The number of carbonyl (C=O) groups is 2. The Morgan fingerprint density at radius 2 is 2.03 bits per heavy atom. The van der Waals surface area contributed by atoms with Gasteiger partial charge in [-0.25, -0.2) is 4.39 Å². The van der Waals surface area contributed by atoms with Crippen LogP contribution in [0.3, 0.4) is 0 Å². The zero-order valence-corrected chi connectivity index (χ0v) is 18.7. The summed E-state index contributed by atoms with van der Waals surface area (Å²) in [5.74, 6) is -0.860. The summed E-state index contributed by atoms with van der Waals surface area (Å²) in [6.07, 6.45) is 1.91. The van der Waals surface area contributed by atoms with E-state index in [0.717, 1.165) is 22.5 Å². The van der Waals surface area contributed by atoms with Crippen molar-refractivity contribution in [2.75, 3.05) is 33.4 Å². The molecule has 1 aliphatic heterocycles. The van der Waals surface area contributed by atoms with E-state index >= 15 is 0 Å². The lowest BCUT2D eigenvalue weighted by Crippen LogP contribution is -2.51. The highest BCUT2D eigenvalue weighted by Gasteiger charge is 2.32. The molecule has 168 valence electrons. The fraction of sp³-hybridized carbons (Fsp3) is 0.348. The van der Waals surface area contributed by atoms with E-state index in [0.29, 0.717) is 38.3 Å². The van der Waals surface area contributed by atoms with Crippen LogP contribution < -0.4 is 5.32 Å². The predicted molar refractivity (Wildman–Crippen MR) is 119 cm³/mol. The van der Waals surface area contributed by atoms with Gasteiger partial charge in [0.1, 0.15) is 5.82 Å². The quantitative estimate of drug-likeness (QED) is 0.551. The molecule has 0 aliphatic carbocycles. The maximum Gasteiger partial charge on any atom is 0.256 e. The van der Waals surface area contributed by atoms with Gasteiger partial charge in [-0.3, -0.25) is 14.3 Å². The smallest absolute Gasteiger partial charge is 0.256 e. The number of carbonyl (C=O) groups excluding carboxylic acids is 2. The Morgan fingerprint density at radius 3 is 2.75 bits per heavy atom. The molecule has 4 rings (SSSR count). The molecule has 3 aromatic rings. The number of aromatic nitrogens is 2. The largest absolute Gasteiger partial charge is 0.383 e. The number of likely N-dealkylation sites (tertiary alicyclic amines) is 1. The van der Waals surface area contributed by atoms with E-state index in [1.807, 2.05) is 29.9 Å². The van der Waals surface area contributed by atoms with Crippen LogP contribution in [0.15, 0.2) is 36.5 Å². The summed E-state index contributed by atoms with van der Waals surface area (Å²) in [5, 5.41) is 8.58.